The quantitative estimate of drug-likeness (QED) is 0.574. The molecule has 0 heterocycles. The molecule has 7 atom stereocenters. The monoisotopic (exact) mass is 276 g/mol. The molecule has 0 amide bonds. The molecule has 0 N–H and O–H groups in total. The molecule has 0 radical (unpaired) electrons. The van der Waals surface area contributed by atoms with Crippen LogP contribution in [0.15, 0.2) is 12.2 Å². The first-order chi connectivity index (χ1) is 9.42. The molecule has 0 saturated heterocycles. The molecule has 6 bridgehead atoms. The molecule has 5 rings (SSSR count). The van der Waals surface area contributed by atoms with Gasteiger partial charge in [-0.25, -0.2) is 0 Å². The summed E-state index contributed by atoms with van der Waals surface area (Å²) in [5.74, 6) is 2.83. The van der Waals surface area contributed by atoms with Gasteiger partial charge in [0.15, 0.2) is 0 Å². The minimum absolute atomic E-state index is 0.00839. The van der Waals surface area contributed by atoms with Crippen molar-refractivity contribution in [1.29, 1.82) is 0 Å². The van der Waals surface area contributed by atoms with Crippen molar-refractivity contribution >= 4 is 5.97 Å². The van der Waals surface area contributed by atoms with Crippen LogP contribution in [0.5, 0.6) is 0 Å². The van der Waals surface area contributed by atoms with E-state index in [2.05, 4.69) is 32.9 Å². The van der Waals surface area contributed by atoms with E-state index >= 15 is 0 Å². The highest BCUT2D eigenvalue weighted by molar-refractivity contribution is 5.81. The summed E-state index contributed by atoms with van der Waals surface area (Å²) >= 11 is 0. The van der Waals surface area contributed by atoms with Gasteiger partial charge in [-0.05, 0) is 57.3 Å². The van der Waals surface area contributed by atoms with Gasteiger partial charge in [-0.3, -0.25) is 4.79 Å². The molecule has 0 aromatic rings. The van der Waals surface area contributed by atoms with Gasteiger partial charge in [-0.15, -0.1) is 0 Å². The Kier molecular flexibility index (Phi) is 2.37. The maximum atomic E-state index is 12.6. The predicted octanol–water partition coefficient (Wildman–Crippen LogP) is 2.80. The van der Waals surface area contributed by atoms with Crippen LogP contribution in [0.1, 0.15) is 33.6 Å². The second-order valence-corrected chi connectivity index (χ2v) is 8.01. The van der Waals surface area contributed by atoms with E-state index < -0.39 is 0 Å². The van der Waals surface area contributed by atoms with E-state index in [0.717, 1.165) is 12.8 Å². The number of esters is 1. The highest BCUT2D eigenvalue weighted by atomic mass is 16.5. The first kappa shape index (κ1) is 12.9. The van der Waals surface area contributed by atoms with E-state index in [1.54, 1.807) is 0 Å². The summed E-state index contributed by atoms with van der Waals surface area (Å²) in [5.41, 5.74) is -0.416. The summed E-state index contributed by atoms with van der Waals surface area (Å²) in [7, 11) is 1.54. The fourth-order valence-corrected chi connectivity index (χ4v) is 5.85. The number of methoxy groups -OCH3 is 1. The fourth-order valence-electron chi connectivity index (χ4n) is 5.85. The van der Waals surface area contributed by atoms with Gasteiger partial charge in [-0.2, -0.15) is 0 Å². The lowest BCUT2D eigenvalue weighted by molar-refractivity contribution is -0.160. The van der Waals surface area contributed by atoms with Crippen LogP contribution in [-0.2, 0) is 14.3 Å². The van der Waals surface area contributed by atoms with Crippen LogP contribution in [0.25, 0.3) is 0 Å². The third-order valence-corrected chi connectivity index (χ3v) is 6.10. The summed E-state index contributed by atoms with van der Waals surface area (Å²) in [6, 6.07) is 0. The molecule has 5 aliphatic carbocycles. The van der Waals surface area contributed by atoms with Crippen LogP contribution in [0.4, 0.5) is 0 Å². The number of rotatable bonds is 2. The third kappa shape index (κ3) is 1.33. The third-order valence-electron chi connectivity index (χ3n) is 6.10. The molecule has 4 saturated carbocycles. The van der Waals surface area contributed by atoms with Crippen LogP contribution < -0.4 is 0 Å². The van der Waals surface area contributed by atoms with Crippen LogP contribution in [0.3, 0.4) is 0 Å². The van der Waals surface area contributed by atoms with Crippen molar-refractivity contribution in [3.05, 3.63) is 12.2 Å². The highest BCUT2D eigenvalue weighted by Crippen LogP contribution is 2.83. The molecule has 0 aliphatic heterocycles. The Morgan fingerprint density at radius 1 is 1.20 bits per heavy atom. The first-order valence-electron chi connectivity index (χ1n) is 7.83. The van der Waals surface area contributed by atoms with Gasteiger partial charge in [0.25, 0.3) is 0 Å². The molecule has 0 aromatic heterocycles. The largest absolute Gasteiger partial charge is 0.469 e. The Morgan fingerprint density at radius 2 is 1.95 bits per heavy atom. The molecule has 5 unspecified atom stereocenters. The van der Waals surface area contributed by atoms with Crippen LogP contribution in [0, 0.1) is 35.0 Å². The molecular weight excluding hydrogens is 252 g/mol. The Morgan fingerprint density at radius 3 is 2.60 bits per heavy atom. The van der Waals surface area contributed by atoms with Crippen LogP contribution in [0.2, 0.25) is 0 Å². The van der Waals surface area contributed by atoms with E-state index in [-0.39, 0.29) is 23.1 Å². The van der Waals surface area contributed by atoms with Crippen LogP contribution >= 0.6 is 0 Å². The smallest absolute Gasteiger partial charge is 0.312 e. The van der Waals surface area contributed by atoms with Crippen LogP contribution in [-0.4, -0.2) is 24.8 Å². The highest BCUT2D eigenvalue weighted by Gasteiger charge is 2.86. The second-order valence-electron chi connectivity index (χ2n) is 8.01. The summed E-state index contributed by atoms with van der Waals surface area (Å²) in [5, 5.41) is 0. The van der Waals surface area contributed by atoms with Gasteiger partial charge in [-0.1, -0.05) is 12.2 Å². The number of carbonyl (C=O) groups excluding carboxylic acids is 1. The van der Waals surface area contributed by atoms with Crippen molar-refractivity contribution in [3.8, 4) is 0 Å². The van der Waals surface area contributed by atoms with E-state index in [9.17, 15) is 4.79 Å². The van der Waals surface area contributed by atoms with Gasteiger partial charge in [0.2, 0.25) is 0 Å². The maximum Gasteiger partial charge on any atom is 0.312 e. The first-order valence-corrected chi connectivity index (χ1v) is 7.83. The van der Waals surface area contributed by atoms with Crippen molar-refractivity contribution in [2.75, 3.05) is 7.11 Å². The van der Waals surface area contributed by atoms with Crippen molar-refractivity contribution in [2.45, 2.75) is 45.3 Å². The summed E-state index contributed by atoms with van der Waals surface area (Å²) in [4.78, 5) is 12.6. The molecule has 3 nitrogen and oxygen atoms in total. The summed E-state index contributed by atoms with van der Waals surface area (Å²) < 4.78 is 11.6. The molecule has 5 aliphatic rings. The molecule has 3 heteroatoms. The molecule has 0 aromatic carbocycles. The van der Waals surface area contributed by atoms with Gasteiger partial charge in [0.05, 0.1) is 24.2 Å². The van der Waals surface area contributed by atoms with E-state index in [1.165, 1.54) is 7.11 Å². The predicted molar refractivity (Wildman–Crippen MR) is 74.9 cm³/mol. The lowest BCUT2D eigenvalue weighted by Crippen LogP contribution is -2.41. The topological polar surface area (TPSA) is 35.5 Å². The van der Waals surface area contributed by atoms with E-state index in [1.807, 2.05) is 0 Å². The molecule has 20 heavy (non-hydrogen) atoms. The molecular formula is C17H24O3. The number of ether oxygens (including phenoxy) is 2. The van der Waals surface area contributed by atoms with Crippen molar-refractivity contribution in [2.24, 2.45) is 35.0 Å². The average Bonchev–Trinajstić information content (AvgIpc) is 2.89. The lowest BCUT2D eigenvalue weighted by atomic mass is 9.73. The van der Waals surface area contributed by atoms with Crippen molar-refractivity contribution in [1.82, 2.24) is 0 Å². The molecule has 4 fully saturated rings. The Bertz CT molecular complexity index is 489. The SMILES string of the molecule is COC(=O)[C@]12CC=CCC3C4C(C41)[C@H](OC(C)(C)C)C32. The minimum atomic E-state index is -0.280. The summed E-state index contributed by atoms with van der Waals surface area (Å²) in [6.45, 7) is 6.35. The minimum Gasteiger partial charge on any atom is -0.469 e. The zero-order chi connectivity index (χ0) is 14.3. The van der Waals surface area contributed by atoms with Gasteiger partial charge in [0, 0.05) is 5.92 Å². The van der Waals surface area contributed by atoms with Gasteiger partial charge < -0.3 is 9.47 Å². The number of allylic oxidation sites excluding steroid dienone is 2. The normalized spacial score (nSPS) is 51.0. The summed E-state index contributed by atoms with van der Waals surface area (Å²) in [6.07, 6.45) is 6.70. The zero-order valence-corrected chi connectivity index (χ0v) is 12.8. The molecule has 0 spiro atoms. The maximum absolute atomic E-state index is 12.6. The van der Waals surface area contributed by atoms with Crippen molar-refractivity contribution in [3.63, 3.8) is 0 Å². The Balaban J connectivity index is 1.74. The number of hydrogen-bond acceptors (Lipinski definition) is 3. The standard InChI is InChI=1S/C17H24O3/c1-16(2,3)20-14-11-10-9-7-5-6-8-17(12(9)14,13(10)11)15(18)19-4/h5-6,9-14H,7-8H2,1-4H3/t9?,10?,11?,12?,13?,14-,17-/m0/s1. The van der Waals surface area contributed by atoms with E-state index in [0.29, 0.717) is 29.6 Å². The molecule has 110 valence electrons. The van der Waals surface area contributed by atoms with E-state index in [4.69, 9.17) is 9.47 Å². The van der Waals surface area contributed by atoms with Crippen molar-refractivity contribution < 1.29 is 14.3 Å². The lowest BCUT2D eigenvalue weighted by Gasteiger charge is -2.35. The Hall–Kier alpha value is -0.830. The van der Waals surface area contributed by atoms with Gasteiger partial charge >= 0.3 is 5.97 Å². The fraction of sp³-hybridized carbons (Fsp3) is 0.824. The second kappa shape index (κ2) is 3.68. The number of carbonyl (C=O) groups is 1. The number of hydrogen-bond donors (Lipinski definition) is 0. The Labute approximate surface area is 120 Å². The van der Waals surface area contributed by atoms with Gasteiger partial charge in [0.1, 0.15) is 0 Å². The average molecular weight is 276 g/mol. The zero-order valence-electron chi connectivity index (χ0n) is 12.8.